The topological polar surface area (TPSA) is 24.5 Å². The average Bonchev–Trinajstić information content (AvgIpc) is 2.71. The SMILES string of the molecule is CNCC1(CN2CCc3ccccc3CC2)CCOCC1. The maximum Gasteiger partial charge on any atom is 0.0472 e. The first-order valence-corrected chi connectivity index (χ1v) is 8.33. The second kappa shape index (κ2) is 6.91. The van der Waals surface area contributed by atoms with Gasteiger partial charge in [-0.1, -0.05) is 24.3 Å². The van der Waals surface area contributed by atoms with Crippen molar-refractivity contribution in [2.45, 2.75) is 25.7 Å². The Morgan fingerprint density at radius 1 is 1.10 bits per heavy atom. The molecule has 0 bridgehead atoms. The molecule has 3 nitrogen and oxygen atoms in total. The van der Waals surface area contributed by atoms with Crippen molar-refractivity contribution in [3.05, 3.63) is 35.4 Å². The highest BCUT2D eigenvalue weighted by molar-refractivity contribution is 5.28. The van der Waals surface area contributed by atoms with Gasteiger partial charge in [0.05, 0.1) is 0 Å². The lowest BCUT2D eigenvalue weighted by molar-refractivity contribution is -0.00291. The van der Waals surface area contributed by atoms with E-state index < -0.39 is 0 Å². The predicted molar refractivity (Wildman–Crippen MR) is 86.7 cm³/mol. The Balaban J connectivity index is 1.65. The zero-order valence-electron chi connectivity index (χ0n) is 13.2. The van der Waals surface area contributed by atoms with E-state index in [1.807, 2.05) is 0 Å². The zero-order chi connectivity index (χ0) is 14.5. The molecule has 0 unspecified atom stereocenters. The van der Waals surface area contributed by atoms with Crippen molar-refractivity contribution in [2.24, 2.45) is 5.41 Å². The molecule has 21 heavy (non-hydrogen) atoms. The quantitative estimate of drug-likeness (QED) is 0.918. The fourth-order valence-corrected chi connectivity index (χ4v) is 3.92. The maximum atomic E-state index is 5.59. The van der Waals surface area contributed by atoms with Gasteiger partial charge >= 0.3 is 0 Å². The molecule has 0 spiro atoms. The molecule has 0 radical (unpaired) electrons. The van der Waals surface area contributed by atoms with E-state index in [0.717, 1.165) is 19.8 Å². The summed E-state index contributed by atoms with van der Waals surface area (Å²) in [6.45, 7) is 6.57. The van der Waals surface area contributed by atoms with Crippen LogP contribution in [0.5, 0.6) is 0 Å². The van der Waals surface area contributed by atoms with Crippen LogP contribution in [0.3, 0.4) is 0 Å². The van der Waals surface area contributed by atoms with Crippen molar-refractivity contribution < 1.29 is 4.74 Å². The van der Waals surface area contributed by atoms with Crippen LogP contribution in [0.1, 0.15) is 24.0 Å². The number of ether oxygens (including phenoxy) is 1. The van der Waals surface area contributed by atoms with E-state index in [1.165, 1.54) is 45.3 Å². The monoisotopic (exact) mass is 288 g/mol. The molecular formula is C18H28N2O. The van der Waals surface area contributed by atoms with Gasteiger partial charge in [0, 0.05) is 39.4 Å². The highest BCUT2D eigenvalue weighted by Gasteiger charge is 2.34. The van der Waals surface area contributed by atoms with Gasteiger partial charge in [-0.25, -0.2) is 0 Å². The lowest BCUT2D eigenvalue weighted by Crippen LogP contribution is -2.47. The van der Waals surface area contributed by atoms with Gasteiger partial charge in [0.1, 0.15) is 0 Å². The Bertz CT molecular complexity index is 422. The summed E-state index contributed by atoms with van der Waals surface area (Å²) in [6.07, 6.45) is 4.78. The minimum absolute atomic E-state index is 0.406. The molecule has 116 valence electrons. The molecule has 3 heteroatoms. The molecule has 1 N–H and O–H groups in total. The Labute approximate surface area is 128 Å². The van der Waals surface area contributed by atoms with Crippen molar-refractivity contribution >= 4 is 0 Å². The summed E-state index contributed by atoms with van der Waals surface area (Å²) in [7, 11) is 2.08. The van der Waals surface area contributed by atoms with E-state index in [9.17, 15) is 0 Å². The van der Waals surface area contributed by atoms with Gasteiger partial charge in [0.2, 0.25) is 0 Å². The molecule has 0 atom stereocenters. The summed E-state index contributed by atoms with van der Waals surface area (Å²) in [5.41, 5.74) is 3.51. The second-order valence-corrected chi connectivity index (χ2v) is 6.69. The molecule has 2 aliphatic heterocycles. The molecule has 2 aliphatic rings. The third kappa shape index (κ3) is 3.65. The second-order valence-electron chi connectivity index (χ2n) is 6.69. The molecule has 1 fully saturated rings. The van der Waals surface area contributed by atoms with Gasteiger partial charge in [0.15, 0.2) is 0 Å². The van der Waals surface area contributed by atoms with Crippen molar-refractivity contribution in [3.8, 4) is 0 Å². The third-order valence-electron chi connectivity index (χ3n) is 5.18. The smallest absolute Gasteiger partial charge is 0.0472 e. The van der Waals surface area contributed by atoms with E-state index in [0.29, 0.717) is 5.41 Å². The van der Waals surface area contributed by atoms with Gasteiger partial charge in [0.25, 0.3) is 0 Å². The average molecular weight is 288 g/mol. The Hall–Kier alpha value is -0.900. The molecular weight excluding hydrogens is 260 g/mol. The first kappa shape index (κ1) is 15.0. The number of nitrogens with zero attached hydrogens (tertiary/aromatic N) is 1. The number of nitrogens with one attached hydrogen (secondary N) is 1. The summed E-state index contributed by atoms with van der Waals surface area (Å²) in [5.74, 6) is 0. The lowest BCUT2D eigenvalue weighted by Gasteiger charge is -2.41. The molecule has 1 aromatic carbocycles. The molecule has 2 heterocycles. The van der Waals surface area contributed by atoms with Gasteiger partial charge in [-0.15, -0.1) is 0 Å². The van der Waals surface area contributed by atoms with E-state index >= 15 is 0 Å². The first-order valence-electron chi connectivity index (χ1n) is 8.33. The van der Waals surface area contributed by atoms with E-state index in [4.69, 9.17) is 4.74 Å². The van der Waals surface area contributed by atoms with Crippen LogP contribution in [0, 0.1) is 5.41 Å². The predicted octanol–water partition coefficient (Wildman–Crippen LogP) is 2.10. The maximum absolute atomic E-state index is 5.59. The van der Waals surface area contributed by atoms with Crippen LogP contribution in [-0.2, 0) is 17.6 Å². The van der Waals surface area contributed by atoms with E-state index in [1.54, 1.807) is 11.1 Å². The molecule has 0 saturated carbocycles. The third-order valence-corrected chi connectivity index (χ3v) is 5.18. The summed E-state index contributed by atoms with van der Waals surface area (Å²) in [4.78, 5) is 2.68. The number of hydrogen-bond donors (Lipinski definition) is 1. The van der Waals surface area contributed by atoms with Crippen LogP contribution < -0.4 is 5.32 Å². The normalized spacial score (nSPS) is 22.5. The van der Waals surface area contributed by atoms with Crippen LogP contribution in [0.2, 0.25) is 0 Å². The van der Waals surface area contributed by atoms with Crippen LogP contribution >= 0.6 is 0 Å². The van der Waals surface area contributed by atoms with E-state index in [2.05, 4.69) is 41.5 Å². The minimum atomic E-state index is 0.406. The van der Waals surface area contributed by atoms with Crippen LogP contribution in [0.4, 0.5) is 0 Å². The lowest BCUT2D eigenvalue weighted by atomic mass is 9.79. The Kier molecular flexibility index (Phi) is 4.94. The van der Waals surface area contributed by atoms with Crippen molar-refractivity contribution in [1.29, 1.82) is 0 Å². The van der Waals surface area contributed by atoms with Crippen LogP contribution in [0.25, 0.3) is 0 Å². The first-order chi connectivity index (χ1) is 10.3. The molecule has 0 amide bonds. The minimum Gasteiger partial charge on any atom is -0.381 e. The Morgan fingerprint density at radius 2 is 1.71 bits per heavy atom. The highest BCUT2D eigenvalue weighted by atomic mass is 16.5. The summed E-state index contributed by atoms with van der Waals surface area (Å²) >= 11 is 0. The number of fused-ring (bicyclic) bond motifs is 1. The van der Waals surface area contributed by atoms with Crippen LogP contribution in [0.15, 0.2) is 24.3 Å². The number of benzene rings is 1. The zero-order valence-corrected chi connectivity index (χ0v) is 13.2. The van der Waals surface area contributed by atoms with Gasteiger partial charge in [-0.05, 0) is 49.3 Å². The van der Waals surface area contributed by atoms with Crippen molar-refractivity contribution in [3.63, 3.8) is 0 Å². The van der Waals surface area contributed by atoms with Crippen molar-refractivity contribution in [1.82, 2.24) is 10.2 Å². The number of hydrogen-bond acceptors (Lipinski definition) is 3. The molecule has 1 saturated heterocycles. The fraction of sp³-hybridized carbons (Fsp3) is 0.667. The molecule has 0 aliphatic carbocycles. The summed E-state index contributed by atoms with van der Waals surface area (Å²) in [6, 6.07) is 8.96. The van der Waals surface area contributed by atoms with Gasteiger partial charge in [-0.2, -0.15) is 0 Å². The molecule has 3 rings (SSSR count). The highest BCUT2D eigenvalue weighted by Crippen LogP contribution is 2.31. The summed E-state index contributed by atoms with van der Waals surface area (Å²) < 4.78 is 5.59. The van der Waals surface area contributed by atoms with Crippen LogP contribution in [-0.4, -0.2) is 51.3 Å². The molecule has 1 aromatic rings. The summed E-state index contributed by atoms with van der Waals surface area (Å²) in [5, 5.41) is 3.42. The van der Waals surface area contributed by atoms with Gasteiger partial charge in [-0.3, -0.25) is 0 Å². The fourth-order valence-electron chi connectivity index (χ4n) is 3.92. The Morgan fingerprint density at radius 3 is 2.29 bits per heavy atom. The largest absolute Gasteiger partial charge is 0.381 e. The number of rotatable bonds is 4. The van der Waals surface area contributed by atoms with Gasteiger partial charge < -0.3 is 15.0 Å². The molecule has 0 aromatic heterocycles. The van der Waals surface area contributed by atoms with E-state index in [-0.39, 0.29) is 0 Å². The van der Waals surface area contributed by atoms with Crippen molar-refractivity contribution in [2.75, 3.05) is 46.4 Å². The standard InChI is InChI=1S/C18H28N2O/c1-19-14-18(8-12-21-13-9-18)15-20-10-6-16-4-2-3-5-17(16)7-11-20/h2-5,19H,6-15H2,1H3.